The van der Waals surface area contributed by atoms with Crippen LogP contribution in [0.5, 0.6) is 0 Å². The van der Waals surface area contributed by atoms with E-state index in [0.717, 1.165) is 24.5 Å². The molecular formula is C24H28F3N5O3. The Morgan fingerprint density at radius 3 is 2.63 bits per heavy atom. The van der Waals surface area contributed by atoms with Crippen molar-refractivity contribution in [1.29, 1.82) is 0 Å². The highest BCUT2D eigenvalue weighted by Gasteiger charge is 2.38. The molecule has 1 aromatic carbocycles. The first-order valence-electron chi connectivity index (χ1n) is 11.9. The maximum absolute atomic E-state index is 13.3. The zero-order valence-electron chi connectivity index (χ0n) is 19.2. The van der Waals surface area contributed by atoms with Gasteiger partial charge < -0.3 is 19.9 Å². The predicted octanol–water partition coefficient (Wildman–Crippen LogP) is 3.06. The van der Waals surface area contributed by atoms with E-state index in [1.807, 2.05) is 4.90 Å². The molecule has 0 saturated carbocycles. The van der Waals surface area contributed by atoms with Gasteiger partial charge in [-0.2, -0.15) is 18.3 Å². The van der Waals surface area contributed by atoms with E-state index in [9.17, 15) is 22.8 Å². The van der Waals surface area contributed by atoms with Gasteiger partial charge in [0.1, 0.15) is 6.61 Å². The Bertz CT molecular complexity index is 1070. The van der Waals surface area contributed by atoms with Gasteiger partial charge in [0.15, 0.2) is 0 Å². The normalized spacial score (nSPS) is 23.7. The Kier molecular flexibility index (Phi) is 6.43. The van der Waals surface area contributed by atoms with Gasteiger partial charge in [0, 0.05) is 37.9 Å². The lowest BCUT2D eigenvalue weighted by Gasteiger charge is -2.43. The molecule has 0 bridgehead atoms. The minimum Gasteiger partial charge on any atom is -0.366 e. The first-order chi connectivity index (χ1) is 16.8. The van der Waals surface area contributed by atoms with E-state index in [0.29, 0.717) is 50.1 Å². The molecule has 11 heteroatoms. The number of amides is 3. The van der Waals surface area contributed by atoms with Crippen molar-refractivity contribution in [3.8, 4) is 11.1 Å². The lowest BCUT2D eigenvalue weighted by molar-refractivity contribution is -0.140. The summed E-state index contributed by atoms with van der Waals surface area (Å²) in [6, 6.07) is 3.68. The number of urea groups is 1. The fraction of sp³-hybridized carbons (Fsp3) is 0.542. The highest BCUT2D eigenvalue weighted by molar-refractivity contribution is 5.79. The van der Waals surface area contributed by atoms with Gasteiger partial charge in [0.2, 0.25) is 5.91 Å². The van der Waals surface area contributed by atoms with Crippen molar-refractivity contribution in [1.82, 2.24) is 25.3 Å². The minimum atomic E-state index is -4.41. The van der Waals surface area contributed by atoms with Crippen LogP contribution in [0.2, 0.25) is 0 Å². The van der Waals surface area contributed by atoms with Crippen LogP contribution in [-0.2, 0) is 22.1 Å². The summed E-state index contributed by atoms with van der Waals surface area (Å²) in [6.07, 6.45) is 1.55. The van der Waals surface area contributed by atoms with Crippen molar-refractivity contribution in [3.05, 3.63) is 41.7 Å². The Labute approximate surface area is 200 Å². The highest BCUT2D eigenvalue weighted by Crippen LogP contribution is 2.35. The van der Waals surface area contributed by atoms with Crippen molar-refractivity contribution >= 4 is 11.9 Å². The van der Waals surface area contributed by atoms with E-state index in [-0.39, 0.29) is 36.6 Å². The number of H-pyrrole nitrogens is 1. The first-order valence-corrected chi connectivity index (χ1v) is 11.9. The Hall–Kier alpha value is -3.08. The average molecular weight is 492 g/mol. The number of aromatic nitrogens is 2. The highest BCUT2D eigenvalue weighted by atomic mass is 19.4. The second-order valence-electron chi connectivity index (χ2n) is 9.53. The summed E-state index contributed by atoms with van der Waals surface area (Å²) in [6.45, 7) is 2.30. The predicted molar refractivity (Wildman–Crippen MR) is 120 cm³/mol. The number of carbonyl (C=O) groups is 2. The SMILES string of the molecule is O=C1CO[C@H]2CCN(C(=O)N3CCC(Cc4ccc(C(F)(F)F)cc4-c4cn[nH]c4)CC3)C[C@H]2N1. The number of hydrogen-bond acceptors (Lipinski definition) is 4. The topological polar surface area (TPSA) is 90.6 Å². The molecule has 35 heavy (non-hydrogen) atoms. The fourth-order valence-corrected chi connectivity index (χ4v) is 5.31. The molecule has 0 aliphatic carbocycles. The van der Waals surface area contributed by atoms with Crippen molar-refractivity contribution in [2.75, 3.05) is 32.8 Å². The maximum Gasteiger partial charge on any atom is 0.416 e. The van der Waals surface area contributed by atoms with Crippen LogP contribution in [-0.4, -0.2) is 76.9 Å². The van der Waals surface area contributed by atoms with Gasteiger partial charge in [-0.05, 0) is 54.9 Å². The molecule has 0 radical (unpaired) electrons. The third kappa shape index (κ3) is 5.14. The molecule has 188 valence electrons. The number of morpholine rings is 1. The van der Waals surface area contributed by atoms with Gasteiger partial charge in [-0.15, -0.1) is 0 Å². The van der Waals surface area contributed by atoms with Crippen LogP contribution in [0.25, 0.3) is 11.1 Å². The molecule has 8 nitrogen and oxygen atoms in total. The van der Waals surface area contributed by atoms with Gasteiger partial charge in [-0.3, -0.25) is 9.89 Å². The van der Waals surface area contributed by atoms with Crippen LogP contribution in [0, 0.1) is 5.92 Å². The Balaban J connectivity index is 1.20. The van der Waals surface area contributed by atoms with E-state index in [4.69, 9.17) is 4.74 Å². The molecule has 3 aliphatic heterocycles. The summed E-state index contributed by atoms with van der Waals surface area (Å²) in [7, 11) is 0. The third-order valence-corrected chi connectivity index (χ3v) is 7.23. The van der Waals surface area contributed by atoms with Crippen molar-refractivity contribution < 1.29 is 27.5 Å². The molecule has 2 atom stereocenters. The summed E-state index contributed by atoms with van der Waals surface area (Å²) >= 11 is 0. The van der Waals surface area contributed by atoms with Crippen LogP contribution in [0.4, 0.5) is 18.0 Å². The standard InChI is InChI=1S/C24H28F3N5O3/c25-24(26,27)18-2-1-16(19(10-18)17-11-28-29-12-17)9-15-3-6-31(7-4-15)23(34)32-8-5-21-20(13-32)30-22(33)14-35-21/h1-2,10-12,15,20-21H,3-9,13-14H2,(H,28,29)(H,30,33)/t20-,21+/m1/s1. The average Bonchev–Trinajstić information content (AvgIpc) is 3.38. The monoisotopic (exact) mass is 491 g/mol. The maximum atomic E-state index is 13.3. The van der Waals surface area contributed by atoms with E-state index >= 15 is 0 Å². The van der Waals surface area contributed by atoms with E-state index < -0.39 is 11.7 Å². The summed E-state index contributed by atoms with van der Waals surface area (Å²) in [5.74, 6) is 0.109. The molecule has 5 rings (SSSR count). The summed E-state index contributed by atoms with van der Waals surface area (Å²) < 4.78 is 45.4. The number of fused-ring (bicyclic) bond motifs is 1. The van der Waals surface area contributed by atoms with Crippen LogP contribution >= 0.6 is 0 Å². The quantitative estimate of drug-likeness (QED) is 0.691. The van der Waals surface area contributed by atoms with Crippen LogP contribution in [0.15, 0.2) is 30.6 Å². The number of halogens is 3. The van der Waals surface area contributed by atoms with E-state index in [1.54, 1.807) is 17.2 Å². The van der Waals surface area contributed by atoms with Crippen molar-refractivity contribution in [2.45, 2.75) is 44.0 Å². The molecule has 0 unspecified atom stereocenters. The van der Waals surface area contributed by atoms with Gasteiger partial charge >= 0.3 is 12.2 Å². The molecule has 3 saturated heterocycles. The number of nitrogens with one attached hydrogen (secondary N) is 2. The number of benzene rings is 1. The molecule has 2 aromatic rings. The smallest absolute Gasteiger partial charge is 0.366 e. The number of hydrogen-bond donors (Lipinski definition) is 2. The second-order valence-corrected chi connectivity index (χ2v) is 9.53. The van der Waals surface area contributed by atoms with Crippen LogP contribution in [0.1, 0.15) is 30.4 Å². The van der Waals surface area contributed by atoms with Crippen molar-refractivity contribution in [2.24, 2.45) is 5.92 Å². The zero-order chi connectivity index (χ0) is 24.6. The number of piperidine rings is 2. The number of alkyl halides is 3. The number of carbonyl (C=O) groups excluding carboxylic acids is 2. The van der Waals surface area contributed by atoms with E-state index in [2.05, 4.69) is 15.5 Å². The first kappa shape index (κ1) is 23.7. The van der Waals surface area contributed by atoms with Gasteiger partial charge in [0.05, 0.1) is 23.9 Å². The molecule has 0 spiro atoms. The van der Waals surface area contributed by atoms with Crippen LogP contribution < -0.4 is 5.32 Å². The fourth-order valence-electron chi connectivity index (χ4n) is 5.31. The van der Waals surface area contributed by atoms with Gasteiger partial charge in [-0.1, -0.05) is 6.07 Å². The van der Waals surface area contributed by atoms with E-state index in [1.165, 1.54) is 12.3 Å². The number of aromatic amines is 1. The lowest BCUT2D eigenvalue weighted by Crippen LogP contribution is -2.62. The molecule has 3 amide bonds. The molecule has 2 N–H and O–H groups in total. The van der Waals surface area contributed by atoms with Gasteiger partial charge in [-0.25, -0.2) is 4.79 Å². The molecule has 3 fully saturated rings. The number of likely N-dealkylation sites (tertiary alicyclic amines) is 2. The summed E-state index contributed by atoms with van der Waals surface area (Å²) in [4.78, 5) is 28.4. The van der Waals surface area contributed by atoms with Gasteiger partial charge in [0.25, 0.3) is 0 Å². The lowest BCUT2D eigenvalue weighted by atomic mass is 9.86. The number of rotatable bonds is 3. The summed E-state index contributed by atoms with van der Waals surface area (Å²) in [5.41, 5.74) is 1.33. The summed E-state index contributed by atoms with van der Waals surface area (Å²) in [5, 5.41) is 9.49. The zero-order valence-corrected chi connectivity index (χ0v) is 19.2. The Morgan fingerprint density at radius 1 is 1.14 bits per heavy atom. The molecular weight excluding hydrogens is 463 g/mol. The number of nitrogens with zero attached hydrogens (tertiary/aromatic N) is 3. The second kappa shape index (κ2) is 9.52. The molecule has 1 aromatic heterocycles. The largest absolute Gasteiger partial charge is 0.416 e. The third-order valence-electron chi connectivity index (χ3n) is 7.23. The van der Waals surface area contributed by atoms with Crippen LogP contribution in [0.3, 0.4) is 0 Å². The minimum absolute atomic E-state index is 0.0321. The molecule has 4 heterocycles. The van der Waals surface area contributed by atoms with Crippen molar-refractivity contribution in [3.63, 3.8) is 0 Å². The Morgan fingerprint density at radius 2 is 1.91 bits per heavy atom. The molecule has 3 aliphatic rings. The number of ether oxygens (including phenoxy) is 1.